The van der Waals surface area contributed by atoms with Crippen LogP contribution in [-0.4, -0.2) is 17.6 Å². The van der Waals surface area contributed by atoms with E-state index in [0.717, 1.165) is 35.4 Å². The molecule has 3 aromatic rings. The number of hydrogen-bond donors (Lipinski definition) is 1. The lowest BCUT2D eigenvalue weighted by molar-refractivity contribution is 0.712. The minimum absolute atomic E-state index is 0.444. The summed E-state index contributed by atoms with van der Waals surface area (Å²) in [5, 5.41) is 3.31. The van der Waals surface area contributed by atoms with E-state index in [9.17, 15) is 0 Å². The Bertz CT molecular complexity index is 980. The van der Waals surface area contributed by atoms with Crippen molar-refractivity contribution in [3.8, 4) is 0 Å². The number of allylic oxidation sites excluding steroid dienone is 2. The van der Waals surface area contributed by atoms with E-state index in [1.165, 1.54) is 22.0 Å². The van der Waals surface area contributed by atoms with Crippen molar-refractivity contribution in [1.82, 2.24) is 4.98 Å². The highest BCUT2D eigenvalue weighted by Crippen LogP contribution is 2.43. The number of H-pyrrole nitrogens is 1. The Labute approximate surface area is 140 Å². The number of benzene rings is 2. The highest BCUT2D eigenvalue weighted by atomic mass is 35.5. The van der Waals surface area contributed by atoms with Crippen molar-refractivity contribution < 1.29 is 0 Å². The summed E-state index contributed by atoms with van der Waals surface area (Å²) in [6, 6.07) is 11.1. The van der Waals surface area contributed by atoms with Crippen molar-refractivity contribution in [3.63, 3.8) is 0 Å². The molecular formula is C20H17ClN2. The van der Waals surface area contributed by atoms with Crippen molar-refractivity contribution in [2.24, 2.45) is 0 Å². The predicted molar refractivity (Wildman–Crippen MR) is 98.5 cm³/mol. The Morgan fingerprint density at radius 2 is 2.04 bits per heavy atom. The largest absolute Gasteiger partial charge is 0.364 e. The number of halogens is 1. The zero-order valence-corrected chi connectivity index (χ0v) is 13.5. The first-order chi connectivity index (χ1) is 11.3. The standard InChI is InChI=1S/C20H17ClN2/c21-20-15-10-11-23(13-6-2-1-3-7-13)18(15)12-17-19(20)14-8-4-5-9-16(14)22-17/h1-6,8-9,12-13,22H,7,10-11H2. The molecule has 1 unspecified atom stereocenters. The monoisotopic (exact) mass is 320 g/mol. The second kappa shape index (κ2) is 4.90. The molecular weight excluding hydrogens is 304 g/mol. The average molecular weight is 321 g/mol. The number of hydrogen-bond acceptors (Lipinski definition) is 1. The van der Waals surface area contributed by atoms with Gasteiger partial charge in [0.1, 0.15) is 0 Å². The van der Waals surface area contributed by atoms with Gasteiger partial charge in [0.2, 0.25) is 0 Å². The number of anilines is 1. The van der Waals surface area contributed by atoms with Crippen molar-refractivity contribution in [2.75, 3.05) is 11.4 Å². The average Bonchev–Trinajstić information content (AvgIpc) is 3.17. The van der Waals surface area contributed by atoms with E-state index in [1.807, 2.05) is 0 Å². The van der Waals surface area contributed by atoms with Crippen LogP contribution in [0, 0.1) is 0 Å². The molecule has 1 aromatic heterocycles. The van der Waals surface area contributed by atoms with Gasteiger partial charge in [0.25, 0.3) is 0 Å². The number of nitrogens with one attached hydrogen (secondary N) is 1. The van der Waals surface area contributed by atoms with Crippen molar-refractivity contribution in [3.05, 3.63) is 65.2 Å². The number of para-hydroxylation sites is 1. The summed E-state index contributed by atoms with van der Waals surface area (Å²) in [4.78, 5) is 6.02. The van der Waals surface area contributed by atoms with Gasteiger partial charge in [-0.25, -0.2) is 0 Å². The number of rotatable bonds is 1. The highest BCUT2D eigenvalue weighted by molar-refractivity contribution is 6.39. The molecule has 2 aromatic carbocycles. The quantitative estimate of drug-likeness (QED) is 0.651. The summed E-state index contributed by atoms with van der Waals surface area (Å²) in [6.07, 6.45) is 10.9. The Morgan fingerprint density at radius 3 is 2.91 bits per heavy atom. The maximum atomic E-state index is 6.83. The van der Waals surface area contributed by atoms with Crippen LogP contribution in [0.5, 0.6) is 0 Å². The zero-order valence-electron chi connectivity index (χ0n) is 12.7. The number of aromatic nitrogens is 1. The Morgan fingerprint density at radius 1 is 1.13 bits per heavy atom. The number of fused-ring (bicyclic) bond motifs is 4. The van der Waals surface area contributed by atoms with Crippen molar-refractivity contribution in [2.45, 2.75) is 18.9 Å². The fourth-order valence-electron chi connectivity index (χ4n) is 3.98. The lowest BCUT2D eigenvalue weighted by Crippen LogP contribution is -2.32. The summed E-state index contributed by atoms with van der Waals surface area (Å²) in [7, 11) is 0. The van der Waals surface area contributed by atoms with Gasteiger partial charge in [-0.2, -0.15) is 0 Å². The fraction of sp³-hybridized carbons (Fsp3) is 0.200. The smallest absolute Gasteiger partial charge is 0.0559 e. The highest BCUT2D eigenvalue weighted by Gasteiger charge is 2.28. The summed E-state index contributed by atoms with van der Waals surface area (Å²) in [5.41, 5.74) is 4.88. The molecule has 1 atom stereocenters. The second-order valence-corrected chi connectivity index (χ2v) is 6.72. The maximum Gasteiger partial charge on any atom is 0.0559 e. The van der Waals surface area contributed by atoms with Gasteiger partial charge in [-0.15, -0.1) is 0 Å². The Kier molecular flexibility index (Phi) is 2.83. The molecule has 114 valence electrons. The third-order valence-electron chi connectivity index (χ3n) is 5.08. The summed E-state index contributed by atoms with van der Waals surface area (Å²) in [5.74, 6) is 0. The normalized spacial score (nSPS) is 19.9. The summed E-state index contributed by atoms with van der Waals surface area (Å²) in [6.45, 7) is 1.04. The molecule has 0 fully saturated rings. The molecule has 1 aliphatic heterocycles. The van der Waals surface area contributed by atoms with Crippen LogP contribution in [0.2, 0.25) is 5.02 Å². The molecule has 2 aliphatic rings. The summed E-state index contributed by atoms with van der Waals surface area (Å²) < 4.78 is 0. The third-order valence-corrected chi connectivity index (χ3v) is 5.50. The van der Waals surface area contributed by atoms with Gasteiger partial charge < -0.3 is 9.88 Å². The van der Waals surface area contributed by atoms with E-state index in [-0.39, 0.29) is 0 Å². The van der Waals surface area contributed by atoms with E-state index in [0.29, 0.717) is 6.04 Å². The Hall–Kier alpha value is -2.19. The van der Waals surface area contributed by atoms with Crippen LogP contribution in [0.3, 0.4) is 0 Å². The molecule has 5 rings (SSSR count). The lowest BCUT2D eigenvalue weighted by atomic mass is 10.1. The fourth-order valence-corrected chi connectivity index (χ4v) is 4.38. The minimum Gasteiger partial charge on any atom is -0.364 e. The van der Waals surface area contributed by atoms with Crippen LogP contribution < -0.4 is 4.90 Å². The predicted octanol–water partition coefficient (Wildman–Crippen LogP) is 5.22. The van der Waals surface area contributed by atoms with E-state index in [2.05, 4.69) is 64.5 Å². The molecule has 23 heavy (non-hydrogen) atoms. The van der Waals surface area contributed by atoms with Crippen molar-refractivity contribution >= 4 is 39.1 Å². The van der Waals surface area contributed by atoms with Crippen LogP contribution in [0.15, 0.2) is 54.6 Å². The van der Waals surface area contributed by atoms with Gasteiger partial charge in [-0.05, 0) is 30.5 Å². The van der Waals surface area contributed by atoms with Crippen LogP contribution in [0.25, 0.3) is 21.8 Å². The van der Waals surface area contributed by atoms with Gasteiger partial charge in [-0.1, -0.05) is 54.1 Å². The molecule has 2 heterocycles. The van der Waals surface area contributed by atoms with E-state index >= 15 is 0 Å². The molecule has 1 aliphatic carbocycles. The first kappa shape index (κ1) is 13.3. The molecule has 0 spiro atoms. The van der Waals surface area contributed by atoms with Crippen LogP contribution >= 0.6 is 11.6 Å². The van der Waals surface area contributed by atoms with E-state index in [4.69, 9.17) is 11.6 Å². The molecule has 0 radical (unpaired) electrons. The molecule has 2 nitrogen and oxygen atoms in total. The summed E-state index contributed by atoms with van der Waals surface area (Å²) >= 11 is 6.83. The van der Waals surface area contributed by atoms with Crippen LogP contribution in [-0.2, 0) is 6.42 Å². The molecule has 0 amide bonds. The number of aromatic amines is 1. The van der Waals surface area contributed by atoms with E-state index < -0.39 is 0 Å². The first-order valence-corrected chi connectivity index (χ1v) is 8.52. The van der Waals surface area contributed by atoms with E-state index in [1.54, 1.807) is 0 Å². The topological polar surface area (TPSA) is 19.0 Å². The second-order valence-electron chi connectivity index (χ2n) is 6.34. The SMILES string of the molecule is Clc1c2c(cc3[nH]c4ccccc4c13)N(C1C=CC=CC1)CC2. The number of nitrogens with zero attached hydrogens (tertiary/aromatic N) is 1. The van der Waals surface area contributed by atoms with Gasteiger partial charge in [-0.3, -0.25) is 0 Å². The molecule has 0 saturated carbocycles. The van der Waals surface area contributed by atoms with Crippen molar-refractivity contribution in [1.29, 1.82) is 0 Å². The zero-order chi connectivity index (χ0) is 15.4. The molecule has 1 N–H and O–H groups in total. The minimum atomic E-state index is 0.444. The molecule has 3 heteroatoms. The Balaban J connectivity index is 1.73. The lowest BCUT2D eigenvalue weighted by Gasteiger charge is -2.28. The molecule has 0 bridgehead atoms. The van der Waals surface area contributed by atoms with Crippen LogP contribution in [0.4, 0.5) is 5.69 Å². The molecule has 0 saturated heterocycles. The van der Waals surface area contributed by atoms with Gasteiger partial charge in [0.05, 0.1) is 16.6 Å². The van der Waals surface area contributed by atoms with Gasteiger partial charge in [0, 0.05) is 28.5 Å². The van der Waals surface area contributed by atoms with Gasteiger partial charge in [0.15, 0.2) is 0 Å². The maximum absolute atomic E-state index is 6.83. The first-order valence-electron chi connectivity index (χ1n) is 8.15. The van der Waals surface area contributed by atoms with Crippen LogP contribution in [0.1, 0.15) is 12.0 Å². The third kappa shape index (κ3) is 1.88. The van der Waals surface area contributed by atoms with Gasteiger partial charge >= 0.3 is 0 Å².